The van der Waals surface area contributed by atoms with E-state index in [0.29, 0.717) is 18.6 Å². The zero-order valence-corrected chi connectivity index (χ0v) is 15.2. The molecule has 9 heteroatoms. The van der Waals surface area contributed by atoms with Crippen LogP contribution in [0.2, 0.25) is 0 Å². The summed E-state index contributed by atoms with van der Waals surface area (Å²) in [5, 5.41) is 5.50. The van der Waals surface area contributed by atoms with Gasteiger partial charge in [-0.25, -0.2) is 0 Å². The highest BCUT2D eigenvalue weighted by Gasteiger charge is 2.48. The summed E-state index contributed by atoms with van der Waals surface area (Å²) < 4.78 is 78.4. The van der Waals surface area contributed by atoms with Crippen LogP contribution in [-0.4, -0.2) is 19.0 Å². The van der Waals surface area contributed by atoms with Gasteiger partial charge in [0.05, 0.1) is 22.7 Å². The van der Waals surface area contributed by atoms with E-state index in [1.165, 1.54) is 0 Å². The van der Waals surface area contributed by atoms with Gasteiger partial charge in [0.1, 0.15) is 0 Å². The standard InChI is InChI=1S/C18H22F6N2O/c1-10(2)6-14(25-3)15(27)26-16(4-5-16)11-7-12(17(19,20)21)9-13(8-11)18(22,23)24/h7-10,14,25H,4-6H2,1-3H3,(H,26,27)/t14-/m0/s1. The fraction of sp³-hybridized carbons (Fsp3) is 0.611. The van der Waals surface area contributed by atoms with E-state index in [-0.39, 0.29) is 30.4 Å². The molecule has 1 fully saturated rings. The van der Waals surface area contributed by atoms with Crippen molar-refractivity contribution in [2.45, 2.75) is 57.0 Å². The van der Waals surface area contributed by atoms with Crippen LogP contribution in [0.5, 0.6) is 0 Å². The van der Waals surface area contributed by atoms with Crippen LogP contribution in [0.1, 0.15) is 49.8 Å². The fourth-order valence-electron chi connectivity index (χ4n) is 2.99. The van der Waals surface area contributed by atoms with E-state index < -0.39 is 41.0 Å². The van der Waals surface area contributed by atoms with Gasteiger partial charge in [-0.05, 0) is 56.0 Å². The molecule has 0 saturated heterocycles. The van der Waals surface area contributed by atoms with Gasteiger partial charge < -0.3 is 10.6 Å². The minimum atomic E-state index is -4.92. The molecular weight excluding hydrogens is 374 g/mol. The number of amides is 1. The number of carbonyl (C=O) groups is 1. The lowest BCUT2D eigenvalue weighted by molar-refractivity contribution is -0.143. The minimum Gasteiger partial charge on any atom is -0.345 e. The van der Waals surface area contributed by atoms with Crippen molar-refractivity contribution in [3.05, 3.63) is 34.9 Å². The van der Waals surface area contributed by atoms with E-state index in [1.807, 2.05) is 13.8 Å². The molecule has 0 unspecified atom stereocenters. The molecule has 1 atom stereocenters. The van der Waals surface area contributed by atoms with E-state index >= 15 is 0 Å². The van der Waals surface area contributed by atoms with Crippen molar-refractivity contribution in [2.24, 2.45) is 5.92 Å². The highest BCUT2D eigenvalue weighted by molar-refractivity contribution is 5.83. The predicted molar refractivity (Wildman–Crippen MR) is 87.8 cm³/mol. The van der Waals surface area contributed by atoms with Gasteiger partial charge in [-0.2, -0.15) is 26.3 Å². The summed E-state index contributed by atoms with van der Waals surface area (Å²) in [7, 11) is 1.58. The molecule has 27 heavy (non-hydrogen) atoms. The van der Waals surface area contributed by atoms with Crippen molar-refractivity contribution in [2.75, 3.05) is 7.05 Å². The summed E-state index contributed by atoms with van der Waals surface area (Å²) in [6.07, 6.45) is -8.76. The first-order chi connectivity index (χ1) is 12.3. The van der Waals surface area contributed by atoms with Gasteiger partial charge >= 0.3 is 12.4 Å². The first-order valence-corrected chi connectivity index (χ1v) is 8.58. The van der Waals surface area contributed by atoms with E-state index in [1.54, 1.807) is 7.05 Å². The summed E-state index contributed by atoms with van der Waals surface area (Å²) in [5.41, 5.74) is -4.11. The average molecular weight is 396 g/mol. The van der Waals surface area contributed by atoms with Gasteiger partial charge in [-0.1, -0.05) is 13.8 Å². The summed E-state index contributed by atoms with van der Waals surface area (Å²) in [6, 6.07) is 0.908. The van der Waals surface area contributed by atoms with Crippen molar-refractivity contribution < 1.29 is 31.1 Å². The van der Waals surface area contributed by atoms with Crippen molar-refractivity contribution in [3.63, 3.8) is 0 Å². The highest BCUT2D eigenvalue weighted by atomic mass is 19.4. The molecule has 0 aliphatic heterocycles. The molecule has 0 heterocycles. The Hall–Kier alpha value is -1.77. The Morgan fingerprint density at radius 1 is 1.04 bits per heavy atom. The highest BCUT2D eigenvalue weighted by Crippen LogP contribution is 2.48. The molecule has 2 rings (SSSR count). The first kappa shape index (κ1) is 21.5. The molecule has 3 nitrogen and oxygen atoms in total. The molecule has 0 spiro atoms. The van der Waals surface area contributed by atoms with Crippen LogP contribution >= 0.6 is 0 Å². The van der Waals surface area contributed by atoms with Gasteiger partial charge in [0.2, 0.25) is 5.91 Å². The monoisotopic (exact) mass is 396 g/mol. The largest absolute Gasteiger partial charge is 0.416 e. The summed E-state index contributed by atoms with van der Waals surface area (Å²) >= 11 is 0. The molecular formula is C18H22F6N2O. The number of nitrogens with one attached hydrogen (secondary N) is 2. The minimum absolute atomic E-state index is 0.0938. The zero-order chi connectivity index (χ0) is 20.6. The van der Waals surface area contributed by atoms with Gasteiger partial charge in [-0.15, -0.1) is 0 Å². The SMILES string of the molecule is CN[C@@H](CC(C)C)C(=O)NC1(c2cc(C(F)(F)F)cc(C(F)(F)F)c2)CC1. The number of carbonyl (C=O) groups excluding carboxylic acids is 1. The van der Waals surface area contributed by atoms with Crippen LogP contribution in [-0.2, 0) is 22.7 Å². The molecule has 0 bridgehead atoms. The molecule has 1 amide bonds. The number of rotatable bonds is 6. The molecule has 152 valence electrons. The van der Waals surface area contributed by atoms with Crippen LogP contribution in [0, 0.1) is 5.92 Å². The first-order valence-electron chi connectivity index (χ1n) is 8.58. The molecule has 0 aromatic heterocycles. The maximum Gasteiger partial charge on any atom is 0.416 e. The van der Waals surface area contributed by atoms with E-state index in [9.17, 15) is 31.1 Å². The molecule has 2 N–H and O–H groups in total. The maximum absolute atomic E-state index is 13.1. The Kier molecular flexibility index (Phi) is 5.85. The van der Waals surface area contributed by atoms with Crippen molar-refractivity contribution in [3.8, 4) is 0 Å². The predicted octanol–water partition coefficient (Wildman–Crippen LogP) is 4.46. The molecule has 1 saturated carbocycles. The lowest BCUT2D eigenvalue weighted by Crippen LogP contribution is -2.47. The summed E-state index contributed by atoms with van der Waals surface area (Å²) in [4.78, 5) is 12.5. The molecule has 1 aliphatic carbocycles. The van der Waals surface area contributed by atoms with Gasteiger partial charge in [-0.3, -0.25) is 4.79 Å². The Bertz CT molecular complexity index is 660. The number of hydrogen-bond acceptors (Lipinski definition) is 2. The second-order valence-electron chi connectivity index (χ2n) is 7.34. The molecule has 1 aliphatic rings. The van der Waals surface area contributed by atoms with Crippen LogP contribution in [0.4, 0.5) is 26.3 Å². The zero-order valence-electron chi connectivity index (χ0n) is 15.2. The fourth-order valence-corrected chi connectivity index (χ4v) is 2.99. The normalized spacial score (nSPS) is 17.7. The van der Waals surface area contributed by atoms with Crippen LogP contribution in [0.25, 0.3) is 0 Å². The summed E-state index contributed by atoms with van der Waals surface area (Å²) in [5.74, 6) is -0.247. The Morgan fingerprint density at radius 3 is 1.85 bits per heavy atom. The number of benzene rings is 1. The van der Waals surface area contributed by atoms with Crippen molar-refractivity contribution in [1.29, 1.82) is 0 Å². The van der Waals surface area contributed by atoms with Gasteiger partial charge in [0.15, 0.2) is 0 Å². The molecule has 1 aromatic rings. The van der Waals surface area contributed by atoms with Crippen molar-refractivity contribution in [1.82, 2.24) is 10.6 Å². The number of halogens is 6. The molecule has 0 radical (unpaired) electrons. The lowest BCUT2D eigenvalue weighted by Gasteiger charge is -2.25. The third-order valence-corrected chi connectivity index (χ3v) is 4.62. The van der Waals surface area contributed by atoms with Crippen LogP contribution in [0.15, 0.2) is 18.2 Å². The van der Waals surface area contributed by atoms with Crippen LogP contribution < -0.4 is 10.6 Å². The van der Waals surface area contributed by atoms with Gasteiger partial charge in [0, 0.05) is 0 Å². The quantitative estimate of drug-likeness (QED) is 0.697. The number of alkyl halides is 6. The second-order valence-corrected chi connectivity index (χ2v) is 7.34. The topological polar surface area (TPSA) is 41.1 Å². The third kappa shape index (κ3) is 5.15. The Labute approximate surface area is 153 Å². The van der Waals surface area contributed by atoms with Crippen molar-refractivity contribution >= 4 is 5.91 Å². The number of likely N-dealkylation sites (N-methyl/N-ethyl adjacent to an activating group) is 1. The maximum atomic E-state index is 13.1. The van der Waals surface area contributed by atoms with Gasteiger partial charge in [0.25, 0.3) is 0 Å². The third-order valence-electron chi connectivity index (χ3n) is 4.62. The second kappa shape index (κ2) is 7.33. The van der Waals surface area contributed by atoms with E-state index in [0.717, 1.165) is 0 Å². The van der Waals surface area contributed by atoms with E-state index in [2.05, 4.69) is 10.6 Å². The smallest absolute Gasteiger partial charge is 0.345 e. The number of hydrogen-bond donors (Lipinski definition) is 2. The average Bonchev–Trinajstić information content (AvgIpc) is 3.31. The molecule has 1 aromatic carbocycles. The lowest BCUT2D eigenvalue weighted by atomic mass is 9.96. The van der Waals surface area contributed by atoms with E-state index in [4.69, 9.17) is 0 Å². The van der Waals surface area contributed by atoms with Crippen LogP contribution in [0.3, 0.4) is 0 Å². The summed E-state index contributed by atoms with van der Waals surface area (Å²) in [6.45, 7) is 3.82. The Morgan fingerprint density at radius 2 is 1.52 bits per heavy atom. The Balaban J connectivity index is 2.37.